The highest BCUT2D eigenvalue weighted by atomic mass is 16.3. The maximum absolute atomic E-state index is 12.2. The standard InChI is InChI=1S/C16H16N2O2/c1-10-8-12(6-7-15(10)19)17-16(20)14-9-11-4-2-3-5-13(11)18-14/h2-8,14,18-19H,9H2,1H3,(H,17,20). The number of carbonyl (C=O) groups excluding carboxylic acids is 1. The van der Waals surface area contributed by atoms with Gasteiger partial charge >= 0.3 is 0 Å². The lowest BCUT2D eigenvalue weighted by atomic mass is 10.1. The summed E-state index contributed by atoms with van der Waals surface area (Å²) in [7, 11) is 0. The zero-order chi connectivity index (χ0) is 14.1. The Kier molecular flexibility index (Phi) is 3.06. The van der Waals surface area contributed by atoms with Crippen LogP contribution in [0.25, 0.3) is 0 Å². The first-order valence-electron chi connectivity index (χ1n) is 6.58. The van der Waals surface area contributed by atoms with Gasteiger partial charge in [0.05, 0.1) is 0 Å². The number of rotatable bonds is 2. The number of nitrogens with one attached hydrogen (secondary N) is 2. The number of para-hydroxylation sites is 1. The molecular formula is C16H16N2O2. The molecule has 20 heavy (non-hydrogen) atoms. The molecule has 2 aromatic carbocycles. The molecule has 0 radical (unpaired) electrons. The van der Waals surface area contributed by atoms with Crippen LogP contribution >= 0.6 is 0 Å². The monoisotopic (exact) mass is 268 g/mol. The highest BCUT2D eigenvalue weighted by molar-refractivity contribution is 5.98. The maximum Gasteiger partial charge on any atom is 0.247 e. The lowest BCUT2D eigenvalue weighted by Crippen LogP contribution is -2.32. The summed E-state index contributed by atoms with van der Waals surface area (Å²) < 4.78 is 0. The lowest BCUT2D eigenvalue weighted by Gasteiger charge is -2.12. The van der Waals surface area contributed by atoms with Crippen molar-refractivity contribution < 1.29 is 9.90 Å². The second-order valence-electron chi connectivity index (χ2n) is 5.05. The van der Waals surface area contributed by atoms with Crippen LogP contribution in [0.5, 0.6) is 5.75 Å². The topological polar surface area (TPSA) is 61.4 Å². The third-order valence-corrected chi connectivity index (χ3v) is 3.55. The van der Waals surface area contributed by atoms with E-state index in [-0.39, 0.29) is 17.7 Å². The molecule has 1 aliphatic rings. The van der Waals surface area contributed by atoms with Crippen LogP contribution in [0.4, 0.5) is 11.4 Å². The van der Waals surface area contributed by atoms with Crippen LogP contribution in [0.2, 0.25) is 0 Å². The van der Waals surface area contributed by atoms with Crippen molar-refractivity contribution in [1.29, 1.82) is 0 Å². The third kappa shape index (κ3) is 2.32. The minimum Gasteiger partial charge on any atom is -0.508 e. The molecule has 3 rings (SSSR count). The number of phenolic OH excluding ortho intramolecular Hbond substituents is 1. The van der Waals surface area contributed by atoms with E-state index in [1.807, 2.05) is 24.3 Å². The average molecular weight is 268 g/mol. The number of aryl methyl sites for hydroxylation is 1. The minimum atomic E-state index is -0.249. The molecule has 2 aromatic rings. The summed E-state index contributed by atoms with van der Waals surface area (Å²) in [5, 5.41) is 15.6. The molecular weight excluding hydrogens is 252 g/mol. The van der Waals surface area contributed by atoms with Gasteiger partial charge in [-0.3, -0.25) is 4.79 Å². The van der Waals surface area contributed by atoms with Gasteiger partial charge in [0.1, 0.15) is 11.8 Å². The molecule has 1 heterocycles. The van der Waals surface area contributed by atoms with Crippen LogP contribution in [0.1, 0.15) is 11.1 Å². The van der Waals surface area contributed by atoms with E-state index in [0.29, 0.717) is 12.1 Å². The van der Waals surface area contributed by atoms with Gasteiger partial charge in [0.2, 0.25) is 5.91 Å². The van der Waals surface area contributed by atoms with Crippen LogP contribution in [0, 0.1) is 6.92 Å². The van der Waals surface area contributed by atoms with Gasteiger partial charge in [0.15, 0.2) is 0 Å². The molecule has 1 aliphatic heterocycles. The number of phenols is 1. The molecule has 4 nitrogen and oxygen atoms in total. The molecule has 0 bridgehead atoms. The Bertz CT molecular complexity index is 642. The van der Waals surface area contributed by atoms with Crippen molar-refractivity contribution in [1.82, 2.24) is 0 Å². The summed E-state index contributed by atoms with van der Waals surface area (Å²) in [6.07, 6.45) is 0.694. The van der Waals surface area contributed by atoms with Gasteiger partial charge in [-0.2, -0.15) is 0 Å². The van der Waals surface area contributed by atoms with Crippen LogP contribution in [-0.2, 0) is 11.2 Å². The van der Waals surface area contributed by atoms with Gasteiger partial charge in [0.25, 0.3) is 0 Å². The Morgan fingerprint density at radius 1 is 1.30 bits per heavy atom. The van der Waals surface area contributed by atoms with E-state index in [1.165, 1.54) is 0 Å². The number of hydrogen-bond acceptors (Lipinski definition) is 3. The van der Waals surface area contributed by atoms with E-state index in [9.17, 15) is 9.90 Å². The molecule has 0 aromatic heterocycles. The van der Waals surface area contributed by atoms with E-state index >= 15 is 0 Å². The van der Waals surface area contributed by atoms with Crippen molar-refractivity contribution >= 4 is 17.3 Å². The fourth-order valence-corrected chi connectivity index (χ4v) is 2.42. The molecule has 0 aliphatic carbocycles. The molecule has 0 saturated carbocycles. The summed E-state index contributed by atoms with van der Waals surface area (Å²) in [6.45, 7) is 1.80. The number of carbonyl (C=O) groups is 1. The van der Waals surface area contributed by atoms with E-state index in [2.05, 4.69) is 10.6 Å². The van der Waals surface area contributed by atoms with Gasteiger partial charge in [-0.1, -0.05) is 18.2 Å². The van der Waals surface area contributed by atoms with Gasteiger partial charge in [0, 0.05) is 17.8 Å². The highest BCUT2D eigenvalue weighted by Crippen LogP contribution is 2.26. The number of amides is 1. The van der Waals surface area contributed by atoms with Crippen LogP contribution < -0.4 is 10.6 Å². The molecule has 102 valence electrons. The first-order chi connectivity index (χ1) is 9.63. The van der Waals surface area contributed by atoms with Crippen LogP contribution in [-0.4, -0.2) is 17.1 Å². The minimum absolute atomic E-state index is 0.0636. The Morgan fingerprint density at radius 2 is 2.10 bits per heavy atom. The van der Waals surface area contributed by atoms with Crippen LogP contribution in [0.15, 0.2) is 42.5 Å². The first kappa shape index (κ1) is 12.5. The molecule has 1 atom stereocenters. The second-order valence-corrected chi connectivity index (χ2v) is 5.05. The normalized spacial score (nSPS) is 16.4. The smallest absolute Gasteiger partial charge is 0.247 e. The maximum atomic E-state index is 12.2. The van der Waals surface area contributed by atoms with Crippen molar-refractivity contribution in [2.24, 2.45) is 0 Å². The lowest BCUT2D eigenvalue weighted by molar-refractivity contribution is -0.116. The Hall–Kier alpha value is -2.49. The summed E-state index contributed by atoms with van der Waals surface area (Å²) in [4.78, 5) is 12.2. The van der Waals surface area contributed by atoms with Gasteiger partial charge in [-0.15, -0.1) is 0 Å². The molecule has 1 amide bonds. The quantitative estimate of drug-likeness (QED) is 0.734. The highest BCUT2D eigenvalue weighted by Gasteiger charge is 2.26. The van der Waals surface area contributed by atoms with E-state index in [1.54, 1.807) is 25.1 Å². The number of hydrogen-bond donors (Lipinski definition) is 3. The zero-order valence-electron chi connectivity index (χ0n) is 11.2. The van der Waals surface area contributed by atoms with Crippen molar-refractivity contribution in [3.8, 4) is 5.75 Å². The molecule has 0 spiro atoms. The predicted molar refractivity (Wildman–Crippen MR) is 79.0 cm³/mol. The third-order valence-electron chi connectivity index (χ3n) is 3.55. The SMILES string of the molecule is Cc1cc(NC(=O)C2Cc3ccccc3N2)ccc1O. The number of aromatic hydroxyl groups is 1. The zero-order valence-corrected chi connectivity index (χ0v) is 11.2. The van der Waals surface area contributed by atoms with Crippen molar-refractivity contribution in [3.05, 3.63) is 53.6 Å². The molecule has 0 saturated heterocycles. The Labute approximate surface area is 117 Å². The van der Waals surface area contributed by atoms with E-state index in [4.69, 9.17) is 0 Å². The van der Waals surface area contributed by atoms with E-state index < -0.39 is 0 Å². The summed E-state index contributed by atoms with van der Waals surface area (Å²) in [5.41, 5.74) is 3.62. The van der Waals surface area contributed by atoms with Crippen molar-refractivity contribution in [2.75, 3.05) is 10.6 Å². The van der Waals surface area contributed by atoms with Gasteiger partial charge in [-0.25, -0.2) is 0 Å². The van der Waals surface area contributed by atoms with Crippen molar-refractivity contribution in [3.63, 3.8) is 0 Å². The Balaban J connectivity index is 1.71. The largest absolute Gasteiger partial charge is 0.508 e. The van der Waals surface area contributed by atoms with Crippen LogP contribution in [0.3, 0.4) is 0 Å². The van der Waals surface area contributed by atoms with Gasteiger partial charge in [-0.05, 0) is 42.3 Å². The average Bonchev–Trinajstić information content (AvgIpc) is 2.87. The molecule has 0 fully saturated rings. The molecule has 4 heteroatoms. The fraction of sp³-hybridized carbons (Fsp3) is 0.188. The number of fused-ring (bicyclic) bond motifs is 1. The fourth-order valence-electron chi connectivity index (χ4n) is 2.42. The van der Waals surface area contributed by atoms with Crippen molar-refractivity contribution in [2.45, 2.75) is 19.4 Å². The first-order valence-corrected chi connectivity index (χ1v) is 6.58. The molecule has 1 unspecified atom stereocenters. The predicted octanol–water partition coefficient (Wildman–Crippen LogP) is 2.68. The van der Waals surface area contributed by atoms with E-state index in [0.717, 1.165) is 16.8 Å². The Morgan fingerprint density at radius 3 is 2.85 bits per heavy atom. The number of anilines is 2. The second kappa shape index (κ2) is 4.89. The summed E-state index contributed by atoms with van der Waals surface area (Å²) in [6, 6.07) is 12.7. The molecule has 3 N–H and O–H groups in total. The number of benzene rings is 2. The van der Waals surface area contributed by atoms with Gasteiger partial charge < -0.3 is 15.7 Å². The summed E-state index contributed by atoms with van der Waals surface area (Å²) in [5.74, 6) is 0.167. The summed E-state index contributed by atoms with van der Waals surface area (Å²) >= 11 is 0.